The van der Waals surface area contributed by atoms with E-state index in [9.17, 15) is 4.79 Å². The van der Waals surface area contributed by atoms with E-state index in [-0.39, 0.29) is 17.2 Å². The van der Waals surface area contributed by atoms with E-state index in [1.54, 1.807) is 0 Å². The molecule has 1 N–H and O–H groups in total. The average Bonchev–Trinajstić information content (AvgIpc) is 2.83. The molecule has 1 aliphatic carbocycles. The average molecular weight is 266 g/mol. The number of carbonyl (C=O) groups is 1. The standard InChI is InChI=1S/C15H20ClNO/c1-15(2,10-17-14(18)9-16)13-7-6-11-4-3-5-12(11)8-13/h6-8H,3-5,9-10H2,1-2H3,(H,17,18). The molecule has 0 radical (unpaired) electrons. The summed E-state index contributed by atoms with van der Waals surface area (Å²) >= 11 is 5.49. The maximum absolute atomic E-state index is 11.2. The number of halogens is 1. The van der Waals surface area contributed by atoms with E-state index in [0.717, 1.165) is 0 Å². The molecule has 1 aromatic carbocycles. The summed E-state index contributed by atoms with van der Waals surface area (Å²) in [5.74, 6) is -0.0776. The van der Waals surface area contributed by atoms with E-state index in [1.165, 1.54) is 36.0 Å². The minimum absolute atomic E-state index is 0.0280. The maximum Gasteiger partial charge on any atom is 0.234 e. The van der Waals surface area contributed by atoms with Gasteiger partial charge in [0.25, 0.3) is 0 Å². The Morgan fingerprint density at radius 2 is 2.06 bits per heavy atom. The molecule has 2 rings (SSSR count). The van der Waals surface area contributed by atoms with Crippen molar-refractivity contribution >= 4 is 17.5 Å². The second-order valence-corrected chi connectivity index (χ2v) is 5.90. The van der Waals surface area contributed by atoms with E-state index in [4.69, 9.17) is 11.6 Å². The molecule has 1 amide bonds. The summed E-state index contributed by atoms with van der Waals surface area (Å²) in [4.78, 5) is 11.2. The Labute approximate surface area is 114 Å². The first-order chi connectivity index (χ1) is 8.53. The fourth-order valence-electron chi connectivity index (χ4n) is 2.46. The number of alkyl halides is 1. The van der Waals surface area contributed by atoms with E-state index in [2.05, 4.69) is 37.4 Å². The fraction of sp³-hybridized carbons (Fsp3) is 0.533. The third-order valence-corrected chi connectivity index (χ3v) is 3.97. The van der Waals surface area contributed by atoms with Crippen molar-refractivity contribution in [3.05, 3.63) is 34.9 Å². The molecule has 2 nitrogen and oxygen atoms in total. The van der Waals surface area contributed by atoms with Crippen LogP contribution in [0.15, 0.2) is 18.2 Å². The maximum atomic E-state index is 11.2. The van der Waals surface area contributed by atoms with Crippen molar-refractivity contribution < 1.29 is 4.79 Å². The molecule has 1 aromatic rings. The van der Waals surface area contributed by atoms with Gasteiger partial charge in [-0.15, -0.1) is 11.6 Å². The molecule has 0 aliphatic heterocycles. The summed E-state index contributed by atoms with van der Waals surface area (Å²) in [7, 11) is 0. The van der Waals surface area contributed by atoms with Crippen molar-refractivity contribution in [3.63, 3.8) is 0 Å². The lowest BCUT2D eigenvalue weighted by Gasteiger charge is -2.26. The minimum atomic E-state index is -0.106. The zero-order valence-corrected chi connectivity index (χ0v) is 11.8. The van der Waals surface area contributed by atoms with Crippen molar-refractivity contribution in [1.29, 1.82) is 0 Å². The van der Waals surface area contributed by atoms with Crippen molar-refractivity contribution in [2.75, 3.05) is 12.4 Å². The second kappa shape index (κ2) is 5.31. The SMILES string of the molecule is CC(C)(CNC(=O)CCl)c1ccc2c(c1)CCC2. The molecule has 0 saturated heterocycles. The van der Waals surface area contributed by atoms with Crippen LogP contribution < -0.4 is 5.32 Å². The molecule has 0 bridgehead atoms. The molecule has 0 atom stereocenters. The third kappa shape index (κ3) is 2.86. The van der Waals surface area contributed by atoms with Gasteiger partial charge in [-0.05, 0) is 36.0 Å². The van der Waals surface area contributed by atoms with Gasteiger partial charge in [-0.25, -0.2) is 0 Å². The molecular formula is C15H20ClNO. The summed E-state index contributed by atoms with van der Waals surface area (Å²) in [5.41, 5.74) is 4.20. The van der Waals surface area contributed by atoms with Gasteiger partial charge in [0.1, 0.15) is 5.88 Å². The van der Waals surface area contributed by atoms with Crippen LogP contribution in [0.3, 0.4) is 0 Å². The second-order valence-electron chi connectivity index (χ2n) is 5.63. The number of aryl methyl sites for hydroxylation is 2. The number of carbonyl (C=O) groups excluding carboxylic acids is 1. The highest BCUT2D eigenvalue weighted by Gasteiger charge is 2.23. The lowest BCUT2D eigenvalue weighted by Crippen LogP contribution is -2.37. The molecule has 0 saturated carbocycles. The van der Waals surface area contributed by atoms with Crippen molar-refractivity contribution in [2.45, 2.75) is 38.5 Å². The molecule has 1 aliphatic rings. The summed E-state index contributed by atoms with van der Waals surface area (Å²) in [6.07, 6.45) is 3.66. The number of rotatable bonds is 4. The quantitative estimate of drug-likeness (QED) is 0.834. The summed E-state index contributed by atoms with van der Waals surface area (Å²) in [5, 5.41) is 2.87. The number of nitrogens with one attached hydrogen (secondary N) is 1. The van der Waals surface area contributed by atoms with Gasteiger partial charge in [0.15, 0.2) is 0 Å². The first-order valence-electron chi connectivity index (χ1n) is 6.48. The van der Waals surface area contributed by atoms with Crippen LogP contribution in [-0.4, -0.2) is 18.3 Å². The Hall–Kier alpha value is -1.02. The summed E-state index contributed by atoms with van der Waals surface area (Å²) < 4.78 is 0. The van der Waals surface area contributed by atoms with Crippen molar-refractivity contribution in [2.24, 2.45) is 0 Å². The van der Waals surface area contributed by atoms with E-state index < -0.39 is 0 Å². The highest BCUT2D eigenvalue weighted by molar-refractivity contribution is 6.27. The van der Waals surface area contributed by atoms with Crippen LogP contribution in [0, 0.1) is 0 Å². The third-order valence-electron chi connectivity index (χ3n) is 3.73. The summed E-state index contributed by atoms with van der Waals surface area (Å²) in [6.45, 7) is 4.92. The molecule has 3 heteroatoms. The lowest BCUT2D eigenvalue weighted by molar-refractivity contribution is -0.118. The van der Waals surface area contributed by atoms with E-state index in [1.807, 2.05) is 0 Å². The van der Waals surface area contributed by atoms with Crippen LogP contribution in [0.25, 0.3) is 0 Å². The Balaban J connectivity index is 2.11. The van der Waals surface area contributed by atoms with Gasteiger partial charge < -0.3 is 5.32 Å². The van der Waals surface area contributed by atoms with Crippen LogP contribution in [0.1, 0.15) is 37.0 Å². The first kappa shape index (κ1) is 13.4. The molecule has 0 aromatic heterocycles. The number of hydrogen-bond acceptors (Lipinski definition) is 1. The molecular weight excluding hydrogens is 246 g/mol. The predicted molar refractivity (Wildman–Crippen MR) is 75.2 cm³/mol. The number of benzene rings is 1. The minimum Gasteiger partial charge on any atom is -0.354 e. The van der Waals surface area contributed by atoms with Gasteiger partial charge in [-0.2, -0.15) is 0 Å². The van der Waals surface area contributed by atoms with Crippen LogP contribution in [-0.2, 0) is 23.1 Å². The van der Waals surface area contributed by atoms with E-state index in [0.29, 0.717) is 6.54 Å². The zero-order chi connectivity index (χ0) is 13.2. The Kier molecular flexibility index (Phi) is 3.96. The molecule has 0 spiro atoms. The molecule has 18 heavy (non-hydrogen) atoms. The van der Waals surface area contributed by atoms with Gasteiger partial charge in [0, 0.05) is 12.0 Å². The fourth-order valence-corrected chi connectivity index (χ4v) is 2.56. The smallest absolute Gasteiger partial charge is 0.234 e. The van der Waals surface area contributed by atoms with Crippen LogP contribution in [0.2, 0.25) is 0 Å². The van der Waals surface area contributed by atoms with Gasteiger partial charge in [-0.1, -0.05) is 32.0 Å². The topological polar surface area (TPSA) is 29.1 Å². The number of amides is 1. The predicted octanol–water partition coefficient (Wildman–Crippen LogP) is 2.81. The van der Waals surface area contributed by atoms with Crippen molar-refractivity contribution in [1.82, 2.24) is 5.32 Å². The largest absolute Gasteiger partial charge is 0.354 e. The monoisotopic (exact) mass is 265 g/mol. The molecule has 0 unspecified atom stereocenters. The van der Waals surface area contributed by atoms with Crippen molar-refractivity contribution in [3.8, 4) is 0 Å². The molecule has 0 heterocycles. The van der Waals surface area contributed by atoms with Gasteiger partial charge in [-0.3, -0.25) is 4.79 Å². The highest BCUT2D eigenvalue weighted by atomic mass is 35.5. The number of fused-ring (bicyclic) bond motifs is 1. The summed E-state index contributed by atoms with van der Waals surface area (Å²) in [6, 6.07) is 6.73. The van der Waals surface area contributed by atoms with Gasteiger partial charge in [0.05, 0.1) is 0 Å². The van der Waals surface area contributed by atoms with Gasteiger partial charge >= 0.3 is 0 Å². The molecule has 98 valence electrons. The molecule has 0 fully saturated rings. The Morgan fingerprint density at radius 3 is 2.78 bits per heavy atom. The Bertz CT molecular complexity index is 454. The van der Waals surface area contributed by atoms with Crippen LogP contribution in [0.4, 0.5) is 0 Å². The Morgan fingerprint density at radius 1 is 1.33 bits per heavy atom. The zero-order valence-electron chi connectivity index (χ0n) is 11.1. The van der Waals surface area contributed by atoms with Gasteiger partial charge in [0.2, 0.25) is 5.91 Å². The first-order valence-corrected chi connectivity index (χ1v) is 7.01. The number of hydrogen-bond donors (Lipinski definition) is 1. The lowest BCUT2D eigenvalue weighted by atomic mass is 9.83. The normalized spacial score (nSPS) is 14.4. The van der Waals surface area contributed by atoms with Crippen LogP contribution >= 0.6 is 11.6 Å². The van der Waals surface area contributed by atoms with Crippen LogP contribution in [0.5, 0.6) is 0 Å². The highest BCUT2D eigenvalue weighted by Crippen LogP contribution is 2.29. The van der Waals surface area contributed by atoms with E-state index >= 15 is 0 Å².